The topological polar surface area (TPSA) is 60.4 Å². The van der Waals surface area contributed by atoms with Gasteiger partial charge in [-0.15, -0.1) is 0 Å². The van der Waals surface area contributed by atoms with Crippen molar-refractivity contribution in [1.82, 2.24) is 0 Å². The molecule has 0 aliphatic carbocycles. The van der Waals surface area contributed by atoms with Gasteiger partial charge in [-0.25, -0.2) is 4.79 Å². The SMILES string of the molecule is COc1cccc2cc(C(=O)C[n+]3ccc(C)cc3)c(=O)oc12.[Br-]. The number of hydrogen-bond donors (Lipinski definition) is 0. The van der Waals surface area contributed by atoms with Gasteiger partial charge >= 0.3 is 5.63 Å². The van der Waals surface area contributed by atoms with E-state index < -0.39 is 5.63 Å². The average molecular weight is 390 g/mol. The van der Waals surface area contributed by atoms with Crippen LogP contribution in [0.2, 0.25) is 0 Å². The molecule has 0 saturated carbocycles. The summed E-state index contributed by atoms with van der Waals surface area (Å²) in [7, 11) is 1.50. The fourth-order valence-corrected chi connectivity index (χ4v) is 2.36. The van der Waals surface area contributed by atoms with Gasteiger partial charge in [-0.2, -0.15) is 4.57 Å². The number of para-hydroxylation sites is 1. The van der Waals surface area contributed by atoms with E-state index in [0.717, 1.165) is 5.56 Å². The van der Waals surface area contributed by atoms with Gasteiger partial charge in [0.2, 0.25) is 12.3 Å². The molecule has 3 aromatic rings. The molecule has 5 nitrogen and oxygen atoms in total. The molecular formula is C18H16BrNO4. The summed E-state index contributed by atoms with van der Waals surface area (Å²) in [5, 5.41) is 0.654. The van der Waals surface area contributed by atoms with Crippen molar-refractivity contribution in [3.05, 3.63) is 70.3 Å². The fraction of sp³-hybridized carbons (Fsp3) is 0.167. The largest absolute Gasteiger partial charge is 1.00 e. The van der Waals surface area contributed by atoms with Gasteiger partial charge in [-0.05, 0) is 24.6 Å². The molecular weight excluding hydrogens is 374 g/mol. The van der Waals surface area contributed by atoms with Gasteiger partial charge in [-0.3, -0.25) is 4.79 Å². The number of halogens is 1. The molecule has 0 spiro atoms. The van der Waals surface area contributed by atoms with Crippen molar-refractivity contribution in [1.29, 1.82) is 0 Å². The van der Waals surface area contributed by atoms with E-state index in [9.17, 15) is 9.59 Å². The van der Waals surface area contributed by atoms with Crippen molar-refractivity contribution in [3.8, 4) is 5.75 Å². The smallest absolute Gasteiger partial charge is 0.347 e. The molecule has 2 aromatic heterocycles. The zero-order valence-corrected chi connectivity index (χ0v) is 14.9. The van der Waals surface area contributed by atoms with E-state index in [0.29, 0.717) is 16.7 Å². The first-order valence-corrected chi connectivity index (χ1v) is 7.18. The van der Waals surface area contributed by atoms with Crippen molar-refractivity contribution in [3.63, 3.8) is 0 Å². The van der Waals surface area contributed by atoms with Crippen LogP contribution in [-0.2, 0) is 6.54 Å². The number of nitrogens with zero attached hydrogens (tertiary/aromatic N) is 1. The maximum atomic E-state index is 12.4. The van der Waals surface area contributed by atoms with Crippen LogP contribution in [0.5, 0.6) is 5.75 Å². The Bertz CT molecular complexity index is 932. The number of rotatable bonds is 4. The predicted molar refractivity (Wildman–Crippen MR) is 84.7 cm³/mol. The summed E-state index contributed by atoms with van der Waals surface area (Å²) in [6.45, 7) is 2.05. The second-order valence-electron chi connectivity index (χ2n) is 5.30. The van der Waals surface area contributed by atoms with Crippen molar-refractivity contribution in [2.75, 3.05) is 7.11 Å². The minimum Gasteiger partial charge on any atom is -1.00 e. The minimum atomic E-state index is -0.653. The number of methoxy groups -OCH3 is 1. The Labute approximate surface area is 149 Å². The third-order valence-electron chi connectivity index (χ3n) is 3.63. The molecule has 0 unspecified atom stereocenters. The van der Waals surface area contributed by atoms with Crippen LogP contribution in [0.15, 0.2) is 58.0 Å². The highest BCUT2D eigenvalue weighted by molar-refractivity contribution is 5.98. The first-order chi connectivity index (χ1) is 11.1. The Morgan fingerprint density at radius 2 is 1.92 bits per heavy atom. The normalized spacial score (nSPS) is 10.2. The molecule has 0 saturated heterocycles. The highest BCUT2D eigenvalue weighted by Crippen LogP contribution is 2.24. The van der Waals surface area contributed by atoms with Crippen LogP contribution in [0.25, 0.3) is 11.0 Å². The molecule has 0 atom stereocenters. The van der Waals surface area contributed by atoms with Gasteiger partial charge in [0.05, 0.1) is 7.11 Å². The predicted octanol–water partition coefficient (Wildman–Crippen LogP) is -0.716. The summed E-state index contributed by atoms with van der Waals surface area (Å²) >= 11 is 0. The third-order valence-corrected chi connectivity index (χ3v) is 3.63. The summed E-state index contributed by atoms with van der Waals surface area (Å²) in [6.07, 6.45) is 3.61. The Kier molecular flexibility index (Phi) is 5.51. The molecule has 0 aliphatic heterocycles. The molecule has 2 heterocycles. The van der Waals surface area contributed by atoms with Crippen LogP contribution in [0, 0.1) is 6.92 Å². The zero-order chi connectivity index (χ0) is 16.4. The van der Waals surface area contributed by atoms with E-state index in [4.69, 9.17) is 9.15 Å². The van der Waals surface area contributed by atoms with Gasteiger partial charge in [-0.1, -0.05) is 12.1 Å². The van der Waals surface area contributed by atoms with E-state index in [1.165, 1.54) is 7.11 Å². The molecule has 0 bridgehead atoms. The first-order valence-electron chi connectivity index (χ1n) is 7.18. The monoisotopic (exact) mass is 389 g/mol. The van der Waals surface area contributed by atoms with Crippen LogP contribution >= 0.6 is 0 Å². The van der Waals surface area contributed by atoms with Crippen molar-refractivity contribution < 1.29 is 35.5 Å². The molecule has 124 valence electrons. The van der Waals surface area contributed by atoms with Crippen LogP contribution in [0.4, 0.5) is 0 Å². The lowest BCUT2D eigenvalue weighted by Crippen LogP contribution is -3.00. The molecule has 24 heavy (non-hydrogen) atoms. The Hall–Kier alpha value is -2.47. The van der Waals surface area contributed by atoms with Gasteiger partial charge < -0.3 is 26.1 Å². The summed E-state index contributed by atoms with van der Waals surface area (Å²) in [6, 6.07) is 10.6. The summed E-state index contributed by atoms with van der Waals surface area (Å²) < 4.78 is 12.2. The number of carbonyl (C=O) groups is 1. The lowest BCUT2D eigenvalue weighted by Gasteiger charge is -2.04. The lowest BCUT2D eigenvalue weighted by atomic mass is 10.1. The minimum absolute atomic E-state index is 0. The Morgan fingerprint density at radius 1 is 1.21 bits per heavy atom. The molecule has 1 aromatic carbocycles. The third kappa shape index (κ3) is 3.54. The van der Waals surface area contributed by atoms with Crippen LogP contribution < -0.4 is 31.9 Å². The standard InChI is InChI=1S/C18H16NO4.BrH/c1-12-6-8-19(9-7-12)11-15(20)14-10-13-4-3-5-16(22-2)17(13)23-18(14)21;/h3-10H,11H2,1-2H3;1H/q+1;/p-1. The number of pyridine rings is 1. The molecule has 0 aliphatic rings. The fourth-order valence-electron chi connectivity index (χ4n) is 2.36. The van der Waals surface area contributed by atoms with Gasteiger partial charge in [0, 0.05) is 17.5 Å². The number of benzene rings is 1. The summed E-state index contributed by atoms with van der Waals surface area (Å²) in [5.41, 5.74) is 0.837. The summed E-state index contributed by atoms with van der Waals surface area (Å²) in [5.74, 6) is 0.170. The van der Waals surface area contributed by atoms with Gasteiger partial charge in [0.15, 0.2) is 23.7 Å². The number of fused-ring (bicyclic) bond motifs is 1. The van der Waals surface area contributed by atoms with Crippen LogP contribution in [0.1, 0.15) is 15.9 Å². The zero-order valence-electron chi connectivity index (χ0n) is 13.3. The molecule has 3 rings (SSSR count). The maximum absolute atomic E-state index is 12.4. The van der Waals surface area contributed by atoms with E-state index in [2.05, 4.69) is 0 Å². The molecule has 0 N–H and O–H groups in total. The van der Waals surface area contributed by atoms with E-state index >= 15 is 0 Å². The second kappa shape index (κ2) is 7.40. The highest BCUT2D eigenvalue weighted by Gasteiger charge is 2.18. The van der Waals surface area contributed by atoms with Crippen molar-refractivity contribution in [2.24, 2.45) is 0 Å². The molecule has 0 amide bonds. The van der Waals surface area contributed by atoms with Gasteiger partial charge in [0.25, 0.3) is 0 Å². The van der Waals surface area contributed by atoms with Crippen LogP contribution in [0.3, 0.4) is 0 Å². The van der Waals surface area contributed by atoms with Gasteiger partial charge in [0.1, 0.15) is 5.56 Å². The molecule has 0 radical (unpaired) electrons. The van der Waals surface area contributed by atoms with E-state index in [1.807, 2.05) is 19.1 Å². The second-order valence-corrected chi connectivity index (χ2v) is 5.30. The molecule has 0 fully saturated rings. The van der Waals surface area contributed by atoms with Crippen molar-refractivity contribution >= 4 is 16.8 Å². The Balaban J connectivity index is 0.00000208. The first kappa shape index (κ1) is 17.9. The summed E-state index contributed by atoms with van der Waals surface area (Å²) in [4.78, 5) is 24.5. The lowest BCUT2D eigenvalue weighted by molar-refractivity contribution is -0.683. The van der Waals surface area contributed by atoms with Crippen LogP contribution in [-0.4, -0.2) is 12.9 Å². The number of aryl methyl sites for hydroxylation is 1. The number of Topliss-reactive ketones (excluding diaryl/α,β-unsaturated/α-hetero) is 1. The molecule has 6 heteroatoms. The highest BCUT2D eigenvalue weighted by atomic mass is 79.9. The van der Waals surface area contributed by atoms with Crippen molar-refractivity contribution in [2.45, 2.75) is 13.5 Å². The number of hydrogen-bond acceptors (Lipinski definition) is 4. The number of ketones is 1. The Morgan fingerprint density at radius 3 is 2.58 bits per heavy atom. The quantitative estimate of drug-likeness (QED) is 0.336. The number of carbonyl (C=O) groups excluding carboxylic acids is 1. The number of ether oxygens (including phenoxy) is 1. The maximum Gasteiger partial charge on any atom is 0.347 e. The van der Waals surface area contributed by atoms with E-state index in [1.54, 1.807) is 41.2 Å². The number of aromatic nitrogens is 1. The van der Waals surface area contributed by atoms with E-state index in [-0.39, 0.29) is 34.9 Å². The average Bonchev–Trinajstić information content (AvgIpc) is 2.55.